The fraction of sp³-hybridized carbons (Fsp3) is 0.583. The second-order valence-corrected chi connectivity index (χ2v) is 9.79. The Balaban J connectivity index is 1.47. The largest absolute Gasteiger partial charge is 0.309 e. The Morgan fingerprint density at radius 3 is 2.55 bits per heavy atom. The summed E-state index contributed by atoms with van der Waals surface area (Å²) < 4.78 is 1.85. The van der Waals surface area contributed by atoms with Crippen molar-refractivity contribution in [2.24, 2.45) is 11.8 Å². The first-order valence-corrected chi connectivity index (χ1v) is 11.1. The monoisotopic (exact) mass is 394 g/mol. The van der Waals surface area contributed by atoms with Gasteiger partial charge >= 0.3 is 0 Å². The maximum atomic E-state index is 12.9. The summed E-state index contributed by atoms with van der Waals surface area (Å²) >= 11 is 0. The molecule has 5 heteroatoms. The molecule has 0 unspecified atom stereocenters. The second-order valence-electron chi connectivity index (χ2n) is 9.79. The van der Waals surface area contributed by atoms with Gasteiger partial charge in [0.2, 0.25) is 5.91 Å². The highest BCUT2D eigenvalue weighted by Gasteiger charge is 2.31. The van der Waals surface area contributed by atoms with E-state index in [2.05, 4.69) is 31.0 Å². The van der Waals surface area contributed by atoms with E-state index in [4.69, 9.17) is 5.10 Å². The zero-order chi connectivity index (χ0) is 20.4. The number of carbonyl (C=O) groups is 1. The van der Waals surface area contributed by atoms with Crippen LogP contribution < -0.4 is 5.32 Å². The number of para-hydroxylation sites is 1. The standard InChI is InChI=1S/C24H34N4O/c1-24(2,3)21-15-22(28(26-21)20-11-5-4-6-12-20)25-23(29)17-27-14-13-18-9-7-8-10-19(18)16-27/h4-6,11-12,15,18-19H,7-10,13-14,16-17H2,1-3H3,(H,25,29)/t18-,19+/m0/s1. The SMILES string of the molecule is CC(C)(C)c1cc(NC(=O)CN2CC[C@@H]3CCCC[C@@H]3C2)n(-c2ccccc2)n1. The molecule has 2 aromatic rings. The number of nitrogens with zero attached hydrogens (tertiary/aromatic N) is 3. The molecule has 1 saturated heterocycles. The van der Waals surface area contributed by atoms with Crippen LogP contribution in [0, 0.1) is 11.8 Å². The van der Waals surface area contributed by atoms with E-state index in [1.54, 1.807) is 0 Å². The van der Waals surface area contributed by atoms with Crippen molar-refractivity contribution < 1.29 is 4.79 Å². The summed E-state index contributed by atoms with van der Waals surface area (Å²) in [6.45, 7) is 9.01. The summed E-state index contributed by atoms with van der Waals surface area (Å²) in [5, 5.41) is 7.93. The third-order valence-corrected chi connectivity index (χ3v) is 6.49. The average Bonchev–Trinajstić information content (AvgIpc) is 3.12. The lowest BCUT2D eigenvalue weighted by atomic mass is 9.75. The molecule has 4 rings (SSSR count). The third kappa shape index (κ3) is 4.72. The van der Waals surface area contributed by atoms with Gasteiger partial charge in [0.25, 0.3) is 0 Å². The molecule has 2 fully saturated rings. The summed E-state index contributed by atoms with van der Waals surface area (Å²) in [4.78, 5) is 15.2. The predicted molar refractivity (Wildman–Crippen MR) is 117 cm³/mol. The lowest BCUT2D eigenvalue weighted by Crippen LogP contribution is -2.44. The number of benzene rings is 1. The summed E-state index contributed by atoms with van der Waals surface area (Å²) in [6, 6.07) is 12.0. The fourth-order valence-electron chi connectivity index (χ4n) is 4.81. The van der Waals surface area contributed by atoms with E-state index in [0.29, 0.717) is 6.54 Å². The number of amides is 1. The van der Waals surface area contributed by atoms with Crippen molar-refractivity contribution in [2.75, 3.05) is 25.0 Å². The van der Waals surface area contributed by atoms with Gasteiger partial charge in [0.1, 0.15) is 5.82 Å². The molecule has 5 nitrogen and oxygen atoms in total. The van der Waals surface area contributed by atoms with Crippen molar-refractivity contribution in [1.82, 2.24) is 14.7 Å². The Bertz CT molecular complexity index is 836. The molecular weight excluding hydrogens is 360 g/mol. The Morgan fingerprint density at radius 2 is 1.83 bits per heavy atom. The summed E-state index contributed by atoms with van der Waals surface area (Å²) in [7, 11) is 0. The van der Waals surface area contributed by atoms with Crippen LogP contribution in [0.4, 0.5) is 5.82 Å². The molecule has 2 atom stereocenters. The lowest BCUT2D eigenvalue weighted by Gasteiger charge is -2.41. The first kappa shape index (κ1) is 20.1. The highest BCUT2D eigenvalue weighted by atomic mass is 16.2. The van der Waals surface area contributed by atoms with Crippen molar-refractivity contribution in [1.29, 1.82) is 0 Å². The van der Waals surface area contributed by atoms with Crippen LogP contribution in [-0.2, 0) is 10.2 Å². The van der Waals surface area contributed by atoms with Gasteiger partial charge in [-0.3, -0.25) is 9.69 Å². The molecule has 1 aliphatic carbocycles. The van der Waals surface area contributed by atoms with Gasteiger partial charge in [-0.2, -0.15) is 5.10 Å². The smallest absolute Gasteiger partial charge is 0.239 e. The quantitative estimate of drug-likeness (QED) is 0.823. The minimum atomic E-state index is -0.0810. The molecule has 2 aliphatic rings. The van der Waals surface area contributed by atoms with E-state index in [-0.39, 0.29) is 11.3 Å². The normalized spacial score (nSPS) is 22.9. The number of carbonyl (C=O) groups excluding carboxylic acids is 1. The van der Waals surface area contributed by atoms with Crippen molar-refractivity contribution in [2.45, 2.75) is 58.3 Å². The highest BCUT2D eigenvalue weighted by molar-refractivity contribution is 5.91. The fourth-order valence-corrected chi connectivity index (χ4v) is 4.81. The molecular formula is C24H34N4O. The molecule has 1 saturated carbocycles. The zero-order valence-electron chi connectivity index (χ0n) is 18.0. The molecule has 2 heterocycles. The molecule has 0 spiro atoms. The maximum Gasteiger partial charge on any atom is 0.239 e. The number of hydrogen-bond donors (Lipinski definition) is 1. The van der Waals surface area contributed by atoms with Crippen LogP contribution in [0.1, 0.15) is 58.6 Å². The van der Waals surface area contributed by atoms with Crippen molar-refractivity contribution >= 4 is 11.7 Å². The summed E-state index contributed by atoms with van der Waals surface area (Å²) in [6.07, 6.45) is 6.71. The van der Waals surface area contributed by atoms with Gasteiger partial charge in [-0.1, -0.05) is 58.2 Å². The van der Waals surface area contributed by atoms with E-state index in [0.717, 1.165) is 42.1 Å². The summed E-state index contributed by atoms with van der Waals surface area (Å²) in [5.41, 5.74) is 1.85. The molecule has 156 valence electrons. The Labute approximate surface area is 174 Å². The van der Waals surface area contributed by atoms with Crippen LogP contribution in [0.2, 0.25) is 0 Å². The topological polar surface area (TPSA) is 50.2 Å². The minimum absolute atomic E-state index is 0.0526. The first-order valence-electron chi connectivity index (χ1n) is 11.1. The molecule has 1 aromatic heterocycles. The van der Waals surface area contributed by atoms with Gasteiger partial charge in [0.15, 0.2) is 0 Å². The number of fused-ring (bicyclic) bond motifs is 1. The molecule has 29 heavy (non-hydrogen) atoms. The van der Waals surface area contributed by atoms with E-state index in [1.165, 1.54) is 32.1 Å². The van der Waals surface area contributed by atoms with E-state index >= 15 is 0 Å². The molecule has 0 bridgehead atoms. The molecule has 0 radical (unpaired) electrons. The number of hydrogen-bond acceptors (Lipinski definition) is 3. The van der Waals surface area contributed by atoms with Gasteiger partial charge in [-0.25, -0.2) is 4.68 Å². The molecule has 1 aromatic carbocycles. The van der Waals surface area contributed by atoms with Crippen LogP contribution in [0.5, 0.6) is 0 Å². The Morgan fingerprint density at radius 1 is 1.10 bits per heavy atom. The van der Waals surface area contributed by atoms with Crippen LogP contribution >= 0.6 is 0 Å². The van der Waals surface area contributed by atoms with Crippen molar-refractivity contribution in [3.63, 3.8) is 0 Å². The number of nitrogens with one attached hydrogen (secondary N) is 1. The van der Waals surface area contributed by atoms with Gasteiger partial charge < -0.3 is 5.32 Å². The summed E-state index contributed by atoms with van der Waals surface area (Å²) in [5.74, 6) is 2.47. The van der Waals surface area contributed by atoms with Gasteiger partial charge in [-0.15, -0.1) is 0 Å². The Hall–Kier alpha value is -2.14. The van der Waals surface area contributed by atoms with E-state index in [1.807, 2.05) is 41.1 Å². The van der Waals surface area contributed by atoms with E-state index < -0.39 is 0 Å². The van der Waals surface area contributed by atoms with Crippen LogP contribution in [0.15, 0.2) is 36.4 Å². The average molecular weight is 395 g/mol. The lowest BCUT2D eigenvalue weighted by molar-refractivity contribution is -0.118. The first-order chi connectivity index (χ1) is 13.9. The second kappa shape index (κ2) is 8.31. The van der Waals surface area contributed by atoms with Crippen LogP contribution in [0.3, 0.4) is 0 Å². The minimum Gasteiger partial charge on any atom is -0.309 e. The molecule has 1 aliphatic heterocycles. The molecule has 1 N–H and O–H groups in total. The number of likely N-dealkylation sites (tertiary alicyclic amines) is 1. The van der Waals surface area contributed by atoms with Gasteiger partial charge in [0, 0.05) is 18.0 Å². The maximum absolute atomic E-state index is 12.9. The number of piperidine rings is 1. The van der Waals surface area contributed by atoms with Crippen LogP contribution in [-0.4, -0.2) is 40.2 Å². The van der Waals surface area contributed by atoms with Crippen molar-refractivity contribution in [3.8, 4) is 5.69 Å². The zero-order valence-corrected chi connectivity index (χ0v) is 18.0. The highest BCUT2D eigenvalue weighted by Crippen LogP contribution is 2.36. The van der Waals surface area contributed by atoms with Gasteiger partial charge in [-0.05, 0) is 43.4 Å². The van der Waals surface area contributed by atoms with E-state index in [9.17, 15) is 4.79 Å². The third-order valence-electron chi connectivity index (χ3n) is 6.49. The van der Waals surface area contributed by atoms with Gasteiger partial charge in [0.05, 0.1) is 17.9 Å². The van der Waals surface area contributed by atoms with Crippen LogP contribution in [0.25, 0.3) is 5.69 Å². The number of aromatic nitrogens is 2. The number of anilines is 1. The molecule has 1 amide bonds. The number of rotatable bonds is 4. The Kier molecular flexibility index (Phi) is 5.77. The predicted octanol–water partition coefficient (Wildman–Crippen LogP) is 4.62. The van der Waals surface area contributed by atoms with Crippen molar-refractivity contribution in [3.05, 3.63) is 42.1 Å².